The van der Waals surface area contributed by atoms with Gasteiger partial charge in [0.15, 0.2) is 11.5 Å². The van der Waals surface area contributed by atoms with E-state index in [1.54, 1.807) is 36.4 Å². The van der Waals surface area contributed by atoms with Crippen molar-refractivity contribution in [3.05, 3.63) is 52.5 Å². The van der Waals surface area contributed by atoms with Crippen molar-refractivity contribution < 1.29 is 19.1 Å². The van der Waals surface area contributed by atoms with Crippen LogP contribution in [-0.4, -0.2) is 43.0 Å². The first kappa shape index (κ1) is 19.6. The number of amides is 2. The summed E-state index contributed by atoms with van der Waals surface area (Å²) in [5.74, 6) is 0.977. The molecule has 152 valence electrons. The van der Waals surface area contributed by atoms with Crippen LogP contribution in [-0.2, 0) is 11.2 Å². The third kappa shape index (κ3) is 4.65. The lowest BCUT2D eigenvalue weighted by Gasteiger charge is -2.15. The Hall–Kier alpha value is -2.73. The van der Waals surface area contributed by atoms with Gasteiger partial charge in [-0.15, -0.1) is 0 Å². The fourth-order valence-electron chi connectivity index (χ4n) is 3.58. The Labute approximate surface area is 174 Å². The molecule has 2 aliphatic heterocycles. The van der Waals surface area contributed by atoms with E-state index in [0.29, 0.717) is 41.0 Å². The smallest absolute Gasteiger partial charge is 0.253 e. The molecule has 6 nitrogen and oxygen atoms in total. The van der Waals surface area contributed by atoms with Gasteiger partial charge in [0.25, 0.3) is 5.91 Å². The van der Waals surface area contributed by atoms with Crippen molar-refractivity contribution in [2.24, 2.45) is 0 Å². The van der Waals surface area contributed by atoms with Gasteiger partial charge in [-0.2, -0.15) is 0 Å². The molecule has 0 spiro atoms. The highest BCUT2D eigenvalue weighted by atomic mass is 35.5. The normalized spacial score (nSPS) is 15.7. The average molecular weight is 415 g/mol. The van der Waals surface area contributed by atoms with Crippen molar-refractivity contribution in [2.45, 2.75) is 25.7 Å². The summed E-state index contributed by atoms with van der Waals surface area (Å²) < 4.78 is 11.3. The quantitative estimate of drug-likeness (QED) is 0.823. The largest absolute Gasteiger partial charge is 0.489 e. The molecule has 1 N–H and O–H groups in total. The first-order chi connectivity index (χ1) is 14.1. The minimum absolute atomic E-state index is 0.0437. The van der Waals surface area contributed by atoms with E-state index in [0.717, 1.165) is 37.9 Å². The van der Waals surface area contributed by atoms with Crippen LogP contribution in [0.2, 0.25) is 5.02 Å². The number of anilines is 1. The highest BCUT2D eigenvalue weighted by Crippen LogP contribution is 2.38. The lowest BCUT2D eigenvalue weighted by atomic mass is 10.1. The zero-order valence-electron chi connectivity index (χ0n) is 16.1. The summed E-state index contributed by atoms with van der Waals surface area (Å²) >= 11 is 6.29. The van der Waals surface area contributed by atoms with E-state index in [9.17, 15) is 9.59 Å². The van der Waals surface area contributed by atoms with Crippen LogP contribution in [0.1, 0.15) is 35.2 Å². The van der Waals surface area contributed by atoms with Gasteiger partial charge in [-0.05, 0) is 54.8 Å². The molecule has 7 heteroatoms. The second kappa shape index (κ2) is 8.74. The maximum atomic E-state index is 12.5. The van der Waals surface area contributed by atoms with Crippen LogP contribution in [0.15, 0.2) is 36.4 Å². The molecular weight excluding hydrogens is 392 g/mol. The maximum Gasteiger partial charge on any atom is 0.253 e. The molecule has 1 fully saturated rings. The van der Waals surface area contributed by atoms with E-state index in [4.69, 9.17) is 21.1 Å². The third-order valence-corrected chi connectivity index (χ3v) is 5.32. The summed E-state index contributed by atoms with van der Waals surface area (Å²) in [4.78, 5) is 26.7. The molecule has 2 aromatic rings. The molecule has 0 aliphatic carbocycles. The van der Waals surface area contributed by atoms with Crippen LogP contribution in [0.4, 0.5) is 5.69 Å². The SMILES string of the molecule is O=C(Cc1cc(Cl)c2c(c1)OCCCO2)Nc1ccc(C(=O)N2CCCC2)cc1. The van der Waals surface area contributed by atoms with Crippen LogP contribution >= 0.6 is 11.6 Å². The van der Waals surface area contributed by atoms with Gasteiger partial charge in [0.05, 0.1) is 24.7 Å². The van der Waals surface area contributed by atoms with Crippen molar-refractivity contribution in [1.82, 2.24) is 4.90 Å². The first-order valence-corrected chi connectivity index (χ1v) is 10.3. The van der Waals surface area contributed by atoms with Gasteiger partial charge in [0, 0.05) is 30.8 Å². The van der Waals surface area contributed by atoms with E-state index in [-0.39, 0.29) is 18.2 Å². The summed E-state index contributed by atoms with van der Waals surface area (Å²) in [5, 5.41) is 3.30. The number of fused-ring (bicyclic) bond motifs is 1. The fourth-order valence-corrected chi connectivity index (χ4v) is 3.86. The van der Waals surface area contributed by atoms with Crippen molar-refractivity contribution in [3.8, 4) is 11.5 Å². The van der Waals surface area contributed by atoms with E-state index >= 15 is 0 Å². The molecule has 0 radical (unpaired) electrons. The molecule has 4 rings (SSSR count). The number of hydrogen-bond donors (Lipinski definition) is 1. The van der Waals surface area contributed by atoms with E-state index in [1.165, 1.54) is 0 Å². The molecule has 0 saturated carbocycles. The minimum atomic E-state index is -0.172. The molecule has 1 saturated heterocycles. The number of halogens is 1. The van der Waals surface area contributed by atoms with Gasteiger partial charge < -0.3 is 19.7 Å². The number of benzene rings is 2. The molecule has 2 aromatic carbocycles. The number of ether oxygens (including phenoxy) is 2. The first-order valence-electron chi connectivity index (χ1n) is 9.87. The fraction of sp³-hybridized carbons (Fsp3) is 0.364. The van der Waals surface area contributed by atoms with E-state index in [2.05, 4.69) is 5.32 Å². The Balaban J connectivity index is 1.39. The molecule has 0 bridgehead atoms. The van der Waals surface area contributed by atoms with Gasteiger partial charge in [-0.25, -0.2) is 0 Å². The lowest BCUT2D eigenvalue weighted by Crippen LogP contribution is -2.27. The molecule has 0 atom stereocenters. The van der Waals surface area contributed by atoms with Crippen molar-refractivity contribution in [1.29, 1.82) is 0 Å². The molecule has 2 aliphatic rings. The number of nitrogens with zero attached hydrogens (tertiary/aromatic N) is 1. The second-order valence-electron chi connectivity index (χ2n) is 7.26. The zero-order valence-corrected chi connectivity index (χ0v) is 16.8. The number of rotatable bonds is 4. The minimum Gasteiger partial charge on any atom is -0.489 e. The number of carbonyl (C=O) groups is 2. The summed E-state index contributed by atoms with van der Waals surface area (Å²) in [6.45, 7) is 2.75. The third-order valence-electron chi connectivity index (χ3n) is 5.04. The topological polar surface area (TPSA) is 67.9 Å². The van der Waals surface area contributed by atoms with Gasteiger partial charge in [-0.1, -0.05) is 11.6 Å². The van der Waals surface area contributed by atoms with Crippen LogP contribution in [0.5, 0.6) is 11.5 Å². The predicted molar refractivity (Wildman–Crippen MR) is 111 cm³/mol. The van der Waals surface area contributed by atoms with E-state index in [1.807, 2.05) is 4.90 Å². The molecular formula is C22H23ClN2O4. The molecule has 2 heterocycles. The van der Waals surface area contributed by atoms with Crippen LogP contribution in [0, 0.1) is 0 Å². The van der Waals surface area contributed by atoms with Gasteiger partial charge in [0.2, 0.25) is 5.91 Å². The summed E-state index contributed by atoms with van der Waals surface area (Å²) in [5.41, 5.74) is 2.03. The summed E-state index contributed by atoms with van der Waals surface area (Å²) in [6.07, 6.45) is 3.06. The van der Waals surface area contributed by atoms with Gasteiger partial charge in [0.1, 0.15) is 0 Å². The highest BCUT2D eigenvalue weighted by Gasteiger charge is 2.20. The molecule has 2 amide bonds. The number of nitrogens with one attached hydrogen (secondary N) is 1. The lowest BCUT2D eigenvalue weighted by molar-refractivity contribution is -0.115. The zero-order chi connectivity index (χ0) is 20.2. The molecule has 0 aromatic heterocycles. The number of likely N-dealkylation sites (tertiary alicyclic amines) is 1. The summed E-state index contributed by atoms with van der Waals surface area (Å²) in [6, 6.07) is 10.5. The monoisotopic (exact) mass is 414 g/mol. The number of carbonyl (C=O) groups excluding carboxylic acids is 2. The Morgan fingerprint density at radius 1 is 1.00 bits per heavy atom. The van der Waals surface area contributed by atoms with Crippen LogP contribution < -0.4 is 14.8 Å². The standard InChI is InChI=1S/C22H23ClN2O4/c23-18-12-15(13-19-21(18)29-11-3-10-28-19)14-20(26)24-17-6-4-16(5-7-17)22(27)25-8-1-2-9-25/h4-7,12-13H,1-3,8-11,14H2,(H,24,26). The van der Waals surface area contributed by atoms with Gasteiger partial charge >= 0.3 is 0 Å². The van der Waals surface area contributed by atoms with Crippen LogP contribution in [0.3, 0.4) is 0 Å². The number of hydrogen-bond acceptors (Lipinski definition) is 4. The Kier molecular flexibility index (Phi) is 5.90. The second-order valence-corrected chi connectivity index (χ2v) is 7.66. The van der Waals surface area contributed by atoms with Crippen molar-refractivity contribution in [3.63, 3.8) is 0 Å². The Morgan fingerprint density at radius 3 is 2.48 bits per heavy atom. The average Bonchev–Trinajstić information content (AvgIpc) is 3.14. The Bertz CT molecular complexity index is 908. The van der Waals surface area contributed by atoms with E-state index < -0.39 is 0 Å². The van der Waals surface area contributed by atoms with Crippen molar-refractivity contribution in [2.75, 3.05) is 31.6 Å². The summed E-state index contributed by atoms with van der Waals surface area (Å²) in [7, 11) is 0. The highest BCUT2D eigenvalue weighted by molar-refractivity contribution is 6.32. The van der Waals surface area contributed by atoms with Crippen molar-refractivity contribution >= 4 is 29.1 Å². The maximum absolute atomic E-state index is 12.5. The Morgan fingerprint density at radius 2 is 1.72 bits per heavy atom. The predicted octanol–water partition coefficient (Wildman–Crippen LogP) is 3.92. The molecule has 29 heavy (non-hydrogen) atoms. The van der Waals surface area contributed by atoms with Gasteiger partial charge in [-0.3, -0.25) is 9.59 Å². The van der Waals surface area contributed by atoms with Crippen LogP contribution in [0.25, 0.3) is 0 Å². The molecule has 0 unspecified atom stereocenters.